The number of carbonyl (C=O) groups excluding carboxylic acids is 1. The molecule has 1 unspecified atom stereocenters. The Labute approximate surface area is 194 Å². The van der Waals surface area contributed by atoms with Gasteiger partial charge in [0.2, 0.25) is 5.91 Å². The molecule has 0 aliphatic carbocycles. The Morgan fingerprint density at radius 1 is 1.13 bits per heavy atom. The van der Waals surface area contributed by atoms with Gasteiger partial charge in [-0.2, -0.15) is 0 Å². The van der Waals surface area contributed by atoms with E-state index in [0.29, 0.717) is 16.7 Å². The third-order valence-corrected chi connectivity index (χ3v) is 6.04. The maximum atomic E-state index is 12.4. The summed E-state index contributed by atoms with van der Waals surface area (Å²) in [7, 11) is 1.62. The number of nitrogens with zero attached hydrogens (tertiary/aromatic N) is 3. The van der Waals surface area contributed by atoms with E-state index in [9.17, 15) is 4.79 Å². The van der Waals surface area contributed by atoms with Crippen molar-refractivity contribution in [3.05, 3.63) is 58.8 Å². The Kier molecular flexibility index (Phi) is 7.97. The van der Waals surface area contributed by atoms with Gasteiger partial charge in [-0.05, 0) is 61.0 Å². The molecule has 164 valence electrons. The molecule has 2 aromatic carbocycles. The van der Waals surface area contributed by atoms with E-state index < -0.39 is 0 Å². The molecule has 0 saturated heterocycles. The Morgan fingerprint density at radius 3 is 2.58 bits per heavy atom. The van der Waals surface area contributed by atoms with Gasteiger partial charge in [-0.1, -0.05) is 30.0 Å². The number of thioether (sulfide) groups is 1. The van der Waals surface area contributed by atoms with Crippen LogP contribution in [0.5, 0.6) is 11.5 Å². The summed E-state index contributed by atoms with van der Waals surface area (Å²) >= 11 is 4.78. The maximum Gasteiger partial charge on any atom is 0.234 e. The number of hydrogen-bond acceptors (Lipinski definition) is 6. The largest absolute Gasteiger partial charge is 0.497 e. The van der Waals surface area contributed by atoms with E-state index in [0.717, 1.165) is 15.9 Å². The molecule has 1 atom stereocenters. The van der Waals surface area contributed by atoms with Gasteiger partial charge in [0.25, 0.3) is 0 Å². The first-order valence-electron chi connectivity index (χ1n) is 9.81. The number of nitrogens with one attached hydrogen (secondary N) is 1. The molecule has 7 nitrogen and oxygen atoms in total. The predicted octanol–water partition coefficient (Wildman–Crippen LogP) is 5.50. The highest BCUT2D eigenvalue weighted by molar-refractivity contribution is 9.10. The lowest BCUT2D eigenvalue weighted by molar-refractivity contribution is -0.113. The number of amides is 1. The number of methoxy groups -OCH3 is 1. The summed E-state index contributed by atoms with van der Waals surface area (Å²) in [4.78, 5) is 12.4. The van der Waals surface area contributed by atoms with Crippen LogP contribution in [-0.2, 0) is 4.79 Å². The zero-order chi connectivity index (χ0) is 22.4. The number of halogens is 1. The number of para-hydroxylation sites is 1. The fraction of sp³-hybridized carbons (Fsp3) is 0.318. The molecule has 1 heterocycles. The van der Waals surface area contributed by atoms with E-state index in [1.165, 1.54) is 11.8 Å². The van der Waals surface area contributed by atoms with Gasteiger partial charge in [0.05, 0.1) is 18.6 Å². The van der Waals surface area contributed by atoms with Crippen LogP contribution in [0.1, 0.15) is 38.7 Å². The van der Waals surface area contributed by atoms with Crippen molar-refractivity contribution in [2.45, 2.75) is 38.1 Å². The fourth-order valence-electron chi connectivity index (χ4n) is 2.96. The van der Waals surface area contributed by atoms with Crippen molar-refractivity contribution in [3.8, 4) is 11.5 Å². The Balaban J connectivity index is 1.69. The van der Waals surface area contributed by atoms with Gasteiger partial charge >= 0.3 is 0 Å². The molecule has 3 rings (SSSR count). The van der Waals surface area contributed by atoms with E-state index in [2.05, 4.69) is 45.3 Å². The third-order valence-electron chi connectivity index (χ3n) is 4.41. The van der Waals surface area contributed by atoms with Crippen molar-refractivity contribution in [2.24, 2.45) is 0 Å². The summed E-state index contributed by atoms with van der Waals surface area (Å²) in [6, 6.07) is 15.0. The minimum Gasteiger partial charge on any atom is -0.497 e. The van der Waals surface area contributed by atoms with Crippen LogP contribution in [0.2, 0.25) is 0 Å². The van der Waals surface area contributed by atoms with E-state index in [1.807, 2.05) is 60.0 Å². The number of ether oxygens (including phenoxy) is 2. The Bertz CT molecular complexity index is 1040. The van der Waals surface area contributed by atoms with Crippen LogP contribution in [0.4, 0.5) is 5.69 Å². The number of benzene rings is 2. The van der Waals surface area contributed by atoms with Gasteiger partial charge in [0, 0.05) is 16.6 Å². The molecule has 0 fully saturated rings. The normalized spacial score (nSPS) is 11.9. The SMILES string of the molecule is COc1cccc(OC(C)c2nnc(SCC(=O)Nc3ccccc3Br)n2C(C)C)c1. The van der Waals surface area contributed by atoms with Gasteiger partial charge in [-0.3, -0.25) is 4.79 Å². The minimum absolute atomic E-state index is 0.107. The number of carbonyl (C=O) groups is 1. The minimum atomic E-state index is -0.328. The summed E-state index contributed by atoms with van der Waals surface area (Å²) in [6.45, 7) is 6.03. The first kappa shape index (κ1) is 23.1. The van der Waals surface area contributed by atoms with Crippen molar-refractivity contribution in [3.63, 3.8) is 0 Å². The number of aromatic nitrogens is 3. The molecular weight excluding hydrogens is 480 g/mol. The fourth-order valence-corrected chi connectivity index (χ4v) is 4.22. The van der Waals surface area contributed by atoms with E-state index in [1.54, 1.807) is 7.11 Å². The summed E-state index contributed by atoms with van der Waals surface area (Å²) in [6.07, 6.45) is -0.328. The molecule has 0 saturated carbocycles. The summed E-state index contributed by atoms with van der Waals surface area (Å²) in [5, 5.41) is 12.2. The molecule has 0 spiro atoms. The predicted molar refractivity (Wildman–Crippen MR) is 126 cm³/mol. The van der Waals surface area contributed by atoms with E-state index in [-0.39, 0.29) is 23.8 Å². The topological polar surface area (TPSA) is 78.3 Å². The van der Waals surface area contributed by atoms with E-state index in [4.69, 9.17) is 9.47 Å². The second-order valence-electron chi connectivity index (χ2n) is 7.06. The molecule has 0 bridgehead atoms. The average Bonchev–Trinajstić information content (AvgIpc) is 3.18. The zero-order valence-electron chi connectivity index (χ0n) is 17.8. The monoisotopic (exact) mass is 504 g/mol. The van der Waals surface area contributed by atoms with Crippen molar-refractivity contribution >= 4 is 39.3 Å². The quantitative estimate of drug-likeness (QED) is 0.387. The second kappa shape index (κ2) is 10.7. The lowest BCUT2D eigenvalue weighted by Crippen LogP contribution is -2.16. The lowest BCUT2D eigenvalue weighted by atomic mass is 10.3. The first-order chi connectivity index (χ1) is 14.9. The van der Waals surface area contributed by atoms with Crippen LogP contribution in [0.15, 0.2) is 58.2 Å². The van der Waals surface area contributed by atoms with Crippen LogP contribution in [0.3, 0.4) is 0 Å². The molecule has 31 heavy (non-hydrogen) atoms. The molecule has 3 aromatic rings. The average molecular weight is 505 g/mol. The molecule has 9 heteroatoms. The van der Waals surface area contributed by atoms with Crippen molar-refractivity contribution in [1.82, 2.24) is 14.8 Å². The summed E-state index contributed by atoms with van der Waals surface area (Å²) < 4.78 is 14.2. The van der Waals surface area contributed by atoms with Crippen molar-refractivity contribution in [2.75, 3.05) is 18.2 Å². The lowest BCUT2D eigenvalue weighted by Gasteiger charge is -2.19. The molecule has 1 aromatic heterocycles. The Hall–Kier alpha value is -2.52. The van der Waals surface area contributed by atoms with Crippen LogP contribution in [0, 0.1) is 0 Å². The highest BCUT2D eigenvalue weighted by Crippen LogP contribution is 2.29. The van der Waals surface area contributed by atoms with E-state index >= 15 is 0 Å². The van der Waals surface area contributed by atoms with Gasteiger partial charge in [-0.15, -0.1) is 10.2 Å². The molecule has 0 aliphatic rings. The Morgan fingerprint density at radius 2 is 1.87 bits per heavy atom. The maximum absolute atomic E-state index is 12.4. The molecular formula is C22H25BrN4O3S. The van der Waals surface area contributed by atoms with Crippen LogP contribution >= 0.6 is 27.7 Å². The van der Waals surface area contributed by atoms with Crippen LogP contribution in [0.25, 0.3) is 0 Å². The second-order valence-corrected chi connectivity index (χ2v) is 8.86. The molecule has 0 aliphatic heterocycles. The summed E-state index contributed by atoms with van der Waals surface area (Å²) in [5.41, 5.74) is 0.736. The first-order valence-corrected chi connectivity index (χ1v) is 11.6. The van der Waals surface area contributed by atoms with Gasteiger partial charge in [0.15, 0.2) is 17.1 Å². The smallest absolute Gasteiger partial charge is 0.234 e. The number of hydrogen-bond donors (Lipinski definition) is 1. The summed E-state index contributed by atoms with van der Waals surface area (Å²) in [5.74, 6) is 2.22. The highest BCUT2D eigenvalue weighted by Gasteiger charge is 2.22. The van der Waals surface area contributed by atoms with Gasteiger partial charge in [-0.25, -0.2) is 0 Å². The van der Waals surface area contributed by atoms with Crippen LogP contribution < -0.4 is 14.8 Å². The standard InChI is InChI=1S/C22H25BrN4O3S/c1-14(2)27-21(15(3)30-17-9-7-8-16(12-17)29-4)25-26-22(27)31-13-20(28)24-19-11-6-5-10-18(19)23/h5-12,14-15H,13H2,1-4H3,(H,24,28). The molecule has 0 radical (unpaired) electrons. The number of anilines is 1. The highest BCUT2D eigenvalue weighted by atomic mass is 79.9. The zero-order valence-corrected chi connectivity index (χ0v) is 20.2. The number of rotatable bonds is 9. The van der Waals surface area contributed by atoms with Crippen molar-refractivity contribution in [1.29, 1.82) is 0 Å². The van der Waals surface area contributed by atoms with Gasteiger partial charge in [0.1, 0.15) is 11.5 Å². The van der Waals surface area contributed by atoms with Crippen LogP contribution in [-0.4, -0.2) is 33.5 Å². The van der Waals surface area contributed by atoms with Crippen molar-refractivity contribution < 1.29 is 14.3 Å². The molecule has 1 N–H and O–H groups in total. The van der Waals surface area contributed by atoms with Gasteiger partial charge < -0.3 is 19.4 Å². The third kappa shape index (κ3) is 6.01. The molecule has 1 amide bonds.